The molecule has 0 saturated heterocycles. The van der Waals surface area contributed by atoms with Gasteiger partial charge in [-0.05, 0) is 42.1 Å². The summed E-state index contributed by atoms with van der Waals surface area (Å²) in [5, 5.41) is 23.9. The van der Waals surface area contributed by atoms with Crippen molar-refractivity contribution in [3.8, 4) is 11.5 Å². The van der Waals surface area contributed by atoms with Crippen molar-refractivity contribution in [1.29, 1.82) is 0 Å². The van der Waals surface area contributed by atoms with E-state index < -0.39 is 0 Å². The topological polar surface area (TPSA) is 52.5 Å². The first-order chi connectivity index (χ1) is 10.7. The average molecular weight is 378 g/mol. The minimum atomic E-state index is 0. The van der Waals surface area contributed by atoms with Crippen LogP contribution in [0.25, 0.3) is 0 Å². The predicted octanol–water partition coefficient (Wildman–Crippen LogP) is 3.91. The molecule has 0 aliphatic carbocycles. The minimum absolute atomic E-state index is 0. The van der Waals surface area contributed by atoms with Gasteiger partial charge in [0.05, 0.1) is 0 Å². The van der Waals surface area contributed by atoms with Crippen molar-refractivity contribution in [2.45, 2.75) is 32.1 Å². The summed E-state index contributed by atoms with van der Waals surface area (Å²) in [5.41, 5.74) is 4.51. The van der Waals surface area contributed by atoms with Crippen LogP contribution < -0.4 is 5.32 Å². The van der Waals surface area contributed by atoms with Crippen LogP contribution in [-0.2, 0) is 12.8 Å². The molecular weight excluding hydrogens is 354 g/mol. The van der Waals surface area contributed by atoms with Crippen LogP contribution >= 0.6 is 17.0 Å². The number of halogens is 1. The molecule has 0 saturated carbocycles. The first-order valence-corrected chi connectivity index (χ1v) is 8.04. The van der Waals surface area contributed by atoms with Gasteiger partial charge in [-0.25, -0.2) is 0 Å². The third kappa shape index (κ3) is 3.54. The van der Waals surface area contributed by atoms with Crippen molar-refractivity contribution in [3.63, 3.8) is 0 Å². The second kappa shape index (κ2) is 7.84. The fourth-order valence-electron chi connectivity index (χ4n) is 3.45. The Hall–Kier alpha value is -1.52. The molecule has 1 aliphatic heterocycles. The standard InChI is InChI=1S/C19H23NO2.BrH/c1-2-6-15-14-9-10-20-12-17(13-7-4-3-5-8-13)16(14)11-18(21)19(15)22;/h3-5,7-8,11,17,20-22H,2,6,9-10,12H2,1H3;1H. The summed E-state index contributed by atoms with van der Waals surface area (Å²) >= 11 is 0. The van der Waals surface area contributed by atoms with E-state index in [0.717, 1.165) is 43.5 Å². The number of phenolic OH excluding ortho intramolecular Hbond substituents is 2. The molecule has 1 aliphatic rings. The quantitative estimate of drug-likeness (QED) is 0.710. The van der Waals surface area contributed by atoms with Gasteiger partial charge in [0.2, 0.25) is 0 Å². The van der Waals surface area contributed by atoms with E-state index in [1.165, 1.54) is 11.1 Å². The summed E-state index contributed by atoms with van der Waals surface area (Å²) in [5.74, 6) is 0.278. The number of benzene rings is 2. The molecule has 124 valence electrons. The Kier molecular flexibility index (Phi) is 6.08. The van der Waals surface area contributed by atoms with E-state index in [1.807, 2.05) is 18.2 Å². The highest BCUT2D eigenvalue weighted by atomic mass is 79.9. The molecule has 4 heteroatoms. The van der Waals surface area contributed by atoms with Gasteiger partial charge in [-0.15, -0.1) is 17.0 Å². The number of aromatic hydroxyl groups is 2. The maximum atomic E-state index is 10.3. The highest BCUT2D eigenvalue weighted by molar-refractivity contribution is 8.93. The SMILES string of the molecule is Br.CCCc1c(O)c(O)cc2c1CCNCC2c1ccccc1. The number of fused-ring (bicyclic) bond motifs is 1. The molecule has 0 fully saturated rings. The van der Waals surface area contributed by atoms with Crippen molar-refractivity contribution >= 4 is 17.0 Å². The summed E-state index contributed by atoms with van der Waals surface area (Å²) in [4.78, 5) is 0. The summed E-state index contributed by atoms with van der Waals surface area (Å²) < 4.78 is 0. The van der Waals surface area contributed by atoms with Crippen LogP contribution in [0.3, 0.4) is 0 Å². The molecule has 3 N–H and O–H groups in total. The predicted molar refractivity (Wildman–Crippen MR) is 98.9 cm³/mol. The van der Waals surface area contributed by atoms with E-state index in [4.69, 9.17) is 0 Å². The molecule has 0 bridgehead atoms. The lowest BCUT2D eigenvalue weighted by molar-refractivity contribution is 0.397. The molecule has 0 amide bonds. The molecule has 3 nitrogen and oxygen atoms in total. The van der Waals surface area contributed by atoms with Gasteiger partial charge in [-0.1, -0.05) is 43.7 Å². The Bertz CT molecular complexity index is 658. The molecule has 3 rings (SSSR count). The molecule has 0 aromatic heterocycles. The molecule has 1 atom stereocenters. The van der Waals surface area contributed by atoms with Crippen LogP contribution in [0.5, 0.6) is 11.5 Å². The monoisotopic (exact) mass is 377 g/mol. The fraction of sp³-hybridized carbons (Fsp3) is 0.368. The van der Waals surface area contributed by atoms with Crippen LogP contribution in [0.2, 0.25) is 0 Å². The molecule has 0 spiro atoms. The van der Waals surface area contributed by atoms with Crippen molar-refractivity contribution in [3.05, 3.63) is 58.7 Å². The van der Waals surface area contributed by atoms with E-state index in [0.29, 0.717) is 0 Å². The number of hydrogen-bond donors (Lipinski definition) is 3. The van der Waals surface area contributed by atoms with Crippen LogP contribution in [0.4, 0.5) is 0 Å². The number of nitrogens with one attached hydrogen (secondary N) is 1. The third-order valence-corrected chi connectivity index (χ3v) is 4.51. The summed E-state index contributed by atoms with van der Waals surface area (Å²) in [6.45, 7) is 3.85. The van der Waals surface area contributed by atoms with Gasteiger partial charge in [-0.3, -0.25) is 0 Å². The second-order valence-electron chi connectivity index (χ2n) is 5.96. The van der Waals surface area contributed by atoms with Crippen LogP contribution in [0, 0.1) is 0 Å². The van der Waals surface area contributed by atoms with Gasteiger partial charge in [0.15, 0.2) is 11.5 Å². The van der Waals surface area contributed by atoms with Crippen molar-refractivity contribution < 1.29 is 10.2 Å². The van der Waals surface area contributed by atoms with Gasteiger partial charge in [-0.2, -0.15) is 0 Å². The Morgan fingerprint density at radius 3 is 2.61 bits per heavy atom. The van der Waals surface area contributed by atoms with Gasteiger partial charge >= 0.3 is 0 Å². The number of phenols is 2. The van der Waals surface area contributed by atoms with Gasteiger partial charge in [0.25, 0.3) is 0 Å². The number of hydrogen-bond acceptors (Lipinski definition) is 3. The molecule has 23 heavy (non-hydrogen) atoms. The van der Waals surface area contributed by atoms with Crippen LogP contribution in [-0.4, -0.2) is 23.3 Å². The maximum absolute atomic E-state index is 10.3. The summed E-state index contributed by atoms with van der Waals surface area (Å²) in [6, 6.07) is 12.1. The lowest BCUT2D eigenvalue weighted by atomic mass is 9.84. The molecule has 2 aromatic rings. The Morgan fingerprint density at radius 1 is 1.17 bits per heavy atom. The highest BCUT2D eigenvalue weighted by Gasteiger charge is 2.25. The summed E-state index contributed by atoms with van der Waals surface area (Å²) in [7, 11) is 0. The maximum Gasteiger partial charge on any atom is 0.160 e. The average Bonchev–Trinajstić information content (AvgIpc) is 2.75. The first-order valence-electron chi connectivity index (χ1n) is 8.04. The molecule has 1 unspecified atom stereocenters. The first kappa shape index (κ1) is 17.8. The molecule has 0 radical (unpaired) electrons. The lowest BCUT2D eigenvalue weighted by Gasteiger charge is -2.21. The lowest BCUT2D eigenvalue weighted by Crippen LogP contribution is -2.20. The van der Waals surface area contributed by atoms with Gasteiger partial charge in [0, 0.05) is 18.0 Å². The Morgan fingerprint density at radius 2 is 1.91 bits per heavy atom. The molecular formula is C19H24BrNO2. The van der Waals surface area contributed by atoms with E-state index in [9.17, 15) is 10.2 Å². The van der Waals surface area contributed by atoms with E-state index >= 15 is 0 Å². The zero-order chi connectivity index (χ0) is 15.5. The minimum Gasteiger partial charge on any atom is -0.504 e. The third-order valence-electron chi connectivity index (χ3n) is 4.51. The van der Waals surface area contributed by atoms with Crippen LogP contribution in [0.1, 0.15) is 41.5 Å². The van der Waals surface area contributed by atoms with Gasteiger partial charge < -0.3 is 15.5 Å². The largest absolute Gasteiger partial charge is 0.504 e. The Labute approximate surface area is 148 Å². The molecule has 2 aromatic carbocycles. The highest BCUT2D eigenvalue weighted by Crippen LogP contribution is 2.40. The normalized spacial score (nSPS) is 17.0. The zero-order valence-corrected chi connectivity index (χ0v) is 15.1. The second-order valence-corrected chi connectivity index (χ2v) is 5.96. The molecule has 1 heterocycles. The Balaban J connectivity index is 0.00000192. The zero-order valence-electron chi connectivity index (χ0n) is 13.4. The number of rotatable bonds is 3. The van der Waals surface area contributed by atoms with E-state index in [-0.39, 0.29) is 34.4 Å². The van der Waals surface area contributed by atoms with E-state index in [2.05, 4.69) is 24.4 Å². The van der Waals surface area contributed by atoms with Crippen LogP contribution in [0.15, 0.2) is 36.4 Å². The summed E-state index contributed by atoms with van der Waals surface area (Å²) in [6.07, 6.45) is 2.64. The fourth-order valence-corrected chi connectivity index (χ4v) is 3.45. The van der Waals surface area contributed by atoms with Gasteiger partial charge in [0.1, 0.15) is 0 Å². The van der Waals surface area contributed by atoms with Crippen molar-refractivity contribution in [2.75, 3.05) is 13.1 Å². The smallest absolute Gasteiger partial charge is 0.160 e. The van der Waals surface area contributed by atoms with E-state index in [1.54, 1.807) is 6.07 Å². The van der Waals surface area contributed by atoms with Crippen molar-refractivity contribution in [1.82, 2.24) is 5.32 Å². The van der Waals surface area contributed by atoms with Crippen molar-refractivity contribution in [2.24, 2.45) is 0 Å².